The summed E-state index contributed by atoms with van der Waals surface area (Å²) in [5.74, 6) is 7.28. The molecule has 0 saturated heterocycles. The number of aromatic nitrogens is 1. The number of fused-ring (bicyclic) bond motifs is 1. The van der Waals surface area contributed by atoms with E-state index in [1.165, 1.54) is 0 Å². The molecule has 20 heavy (non-hydrogen) atoms. The molecule has 0 spiro atoms. The third-order valence-electron chi connectivity index (χ3n) is 3.36. The lowest BCUT2D eigenvalue weighted by Gasteiger charge is -2.00. The Kier molecular flexibility index (Phi) is 3.18. The van der Waals surface area contributed by atoms with Crippen LogP contribution in [0.1, 0.15) is 11.3 Å². The summed E-state index contributed by atoms with van der Waals surface area (Å²) >= 11 is 0. The van der Waals surface area contributed by atoms with E-state index >= 15 is 0 Å². The number of benzene rings is 2. The lowest BCUT2D eigenvalue weighted by Crippen LogP contribution is -1.91. The second-order valence-corrected chi connectivity index (χ2v) is 4.63. The molecule has 0 aliphatic rings. The zero-order valence-electron chi connectivity index (χ0n) is 11.6. The molecule has 0 N–H and O–H groups in total. The van der Waals surface area contributed by atoms with Crippen LogP contribution in [0.3, 0.4) is 0 Å². The van der Waals surface area contributed by atoms with Gasteiger partial charge in [0.15, 0.2) is 0 Å². The minimum absolute atomic E-state index is 0.866. The van der Waals surface area contributed by atoms with Crippen LogP contribution in [-0.2, 0) is 7.05 Å². The van der Waals surface area contributed by atoms with Crippen molar-refractivity contribution in [3.05, 3.63) is 65.9 Å². The molecule has 2 nitrogen and oxygen atoms in total. The average Bonchev–Trinajstić information content (AvgIpc) is 2.82. The first kappa shape index (κ1) is 12.4. The van der Waals surface area contributed by atoms with E-state index < -0.39 is 0 Å². The maximum atomic E-state index is 5.26. The van der Waals surface area contributed by atoms with Crippen LogP contribution in [0.5, 0.6) is 5.75 Å². The molecule has 2 aromatic carbocycles. The van der Waals surface area contributed by atoms with Crippen LogP contribution in [0.25, 0.3) is 10.9 Å². The SMILES string of the molecule is COc1ccc2c(c1)cc(C#Cc1ccccc1)n2C. The van der Waals surface area contributed by atoms with Gasteiger partial charge in [-0.2, -0.15) is 0 Å². The maximum absolute atomic E-state index is 5.26. The summed E-state index contributed by atoms with van der Waals surface area (Å²) in [4.78, 5) is 0. The van der Waals surface area contributed by atoms with E-state index in [4.69, 9.17) is 4.74 Å². The van der Waals surface area contributed by atoms with Gasteiger partial charge in [0.1, 0.15) is 5.75 Å². The van der Waals surface area contributed by atoms with Crippen LogP contribution in [0, 0.1) is 11.8 Å². The quantitative estimate of drug-likeness (QED) is 0.611. The van der Waals surface area contributed by atoms with E-state index in [2.05, 4.69) is 28.5 Å². The average molecular weight is 261 g/mol. The number of hydrogen-bond donors (Lipinski definition) is 0. The number of hydrogen-bond acceptors (Lipinski definition) is 1. The Bertz CT molecular complexity index is 804. The third-order valence-corrected chi connectivity index (χ3v) is 3.36. The standard InChI is InChI=1S/C18H15NO/c1-19-16(9-8-14-6-4-3-5-7-14)12-15-13-17(20-2)10-11-18(15)19/h3-7,10-13H,1-2H3. The van der Waals surface area contributed by atoms with Crippen molar-refractivity contribution in [3.8, 4) is 17.6 Å². The van der Waals surface area contributed by atoms with Gasteiger partial charge in [0, 0.05) is 23.5 Å². The van der Waals surface area contributed by atoms with Crippen molar-refractivity contribution in [2.75, 3.05) is 7.11 Å². The molecule has 1 aromatic heterocycles. The summed E-state index contributed by atoms with van der Waals surface area (Å²) in [6.07, 6.45) is 0. The molecule has 0 unspecified atom stereocenters. The maximum Gasteiger partial charge on any atom is 0.119 e. The molecular formula is C18H15NO. The summed E-state index contributed by atoms with van der Waals surface area (Å²) in [5, 5.41) is 1.14. The molecule has 0 saturated carbocycles. The predicted molar refractivity (Wildman–Crippen MR) is 81.9 cm³/mol. The van der Waals surface area contributed by atoms with Gasteiger partial charge in [0.2, 0.25) is 0 Å². The number of ether oxygens (including phenoxy) is 1. The first-order valence-corrected chi connectivity index (χ1v) is 6.48. The van der Waals surface area contributed by atoms with Gasteiger partial charge < -0.3 is 9.30 Å². The van der Waals surface area contributed by atoms with Crippen molar-refractivity contribution in [1.82, 2.24) is 4.57 Å². The highest BCUT2D eigenvalue weighted by Crippen LogP contribution is 2.23. The molecule has 1 heterocycles. The zero-order valence-corrected chi connectivity index (χ0v) is 11.6. The fraction of sp³-hybridized carbons (Fsp3) is 0.111. The molecular weight excluding hydrogens is 246 g/mol. The van der Waals surface area contributed by atoms with Crippen LogP contribution in [-0.4, -0.2) is 11.7 Å². The van der Waals surface area contributed by atoms with E-state index in [9.17, 15) is 0 Å². The first-order valence-electron chi connectivity index (χ1n) is 6.48. The van der Waals surface area contributed by atoms with E-state index in [0.29, 0.717) is 0 Å². The van der Waals surface area contributed by atoms with Crippen LogP contribution >= 0.6 is 0 Å². The monoisotopic (exact) mass is 261 g/mol. The highest BCUT2D eigenvalue weighted by molar-refractivity contribution is 5.83. The minimum atomic E-state index is 0.866. The Morgan fingerprint density at radius 2 is 1.75 bits per heavy atom. The van der Waals surface area contributed by atoms with Crippen LogP contribution < -0.4 is 4.74 Å². The molecule has 0 amide bonds. The molecule has 3 aromatic rings. The van der Waals surface area contributed by atoms with E-state index in [1.54, 1.807) is 7.11 Å². The third kappa shape index (κ3) is 2.26. The van der Waals surface area contributed by atoms with Gasteiger partial charge in [0.05, 0.1) is 12.8 Å². The Labute approximate surface area is 118 Å². The number of nitrogens with zero attached hydrogens (tertiary/aromatic N) is 1. The van der Waals surface area contributed by atoms with Gasteiger partial charge in [-0.25, -0.2) is 0 Å². The first-order chi connectivity index (χ1) is 9.78. The second kappa shape index (κ2) is 5.14. The molecule has 0 radical (unpaired) electrons. The van der Waals surface area contributed by atoms with Gasteiger partial charge in [0.25, 0.3) is 0 Å². The normalized spacial score (nSPS) is 10.1. The van der Waals surface area contributed by atoms with Gasteiger partial charge in [-0.1, -0.05) is 24.1 Å². The van der Waals surface area contributed by atoms with Crippen molar-refractivity contribution < 1.29 is 4.74 Å². The van der Waals surface area contributed by atoms with Crippen molar-refractivity contribution in [3.63, 3.8) is 0 Å². The van der Waals surface area contributed by atoms with E-state index in [-0.39, 0.29) is 0 Å². The van der Waals surface area contributed by atoms with Gasteiger partial charge in [-0.3, -0.25) is 0 Å². The van der Waals surface area contributed by atoms with E-state index in [1.807, 2.05) is 49.5 Å². The number of aryl methyl sites for hydroxylation is 1. The molecule has 0 aliphatic heterocycles. The number of rotatable bonds is 1. The Morgan fingerprint density at radius 1 is 0.950 bits per heavy atom. The fourth-order valence-corrected chi connectivity index (χ4v) is 2.23. The molecule has 98 valence electrons. The zero-order chi connectivity index (χ0) is 13.9. The highest BCUT2D eigenvalue weighted by Gasteiger charge is 2.04. The van der Waals surface area contributed by atoms with E-state index in [0.717, 1.165) is 27.9 Å². The minimum Gasteiger partial charge on any atom is -0.497 e. The molecule has 0 aliphatic carbocycles. The summed E-state index contributed by atoms with van der Waals surface area (Å²) in [6.45, 7) is 0. The lowest BCUT2D eigenvalue weighted by molar-refractivity contribution is 0.415. The van der Waals surface area contributed by atoms with Gasteiger partial charge >= 0.3 is 0 Å². The van der Waals surface area contributed by atoms with Gasteiger partial charge in [-0.05, 0) is 42.3 Å². The van der Waals surface area contributed by atoms with Crippen LogP contribution in [0.15, 0.2) is 54.6 Å². The molecule has 0 bridgehead atoms. The Hall–Kier alpha value is -2.66. The topological polar surface area (TPSA) is 14.2 Å². The largest absolute Gasteiger partial charge is 0.497 e. The molecule has 2 heteroatoms. The predicted octanol–water partition coefficient (Wildman–Crippen LogP) is 3.59. The smallest absolute Gasteiger partial charge is 0.119 e. The Morgan fingerprint density at radius 3 is 2.50 bits per heavy atom. The number of methoxy groups -OCH3 is 1. The fourth-order valence-electron chi connectivity index (χ4n) is 2.23. The van der Waals surface area contributed by atoms with Crippen LogP contribution in [0.2, 0.25) is 0 Å². The summed E-state index contributed by atoms with van der Waals surface area (Å²) in [6, 6.07) is 18.2. The molecule has 0 atom stereocenters. The second-order valence-electron chi connectivity index (χ2n) is 4.63. The summed E-state index contributed by atoms with van der Waals surface area (Å²) in [7, 11) is 3.71. The summed E-state index contributed by atoms with van der Waals surface area (Å²) in [5.41, 5.74) is 3.18. The highest BCUT2D eigenvalue weighted by atomic mass is 16.5. The molecule has 0 fully saturated rings. The summed E-state index contributed by atoms with van der Waals surface area (Å²) < 4.78 is 7.36. The molecule has 3 rings (SSSR count). The lowest BCUT2D eigenvalue weighted by atomic mass is 10.2. The van der Waals surface area contributed by atoms with Crippen molar-refractivity contribution in [2.24, 2.45) is 7.05 Å². The van der Waals surface area contributed by atoms with Crippen molar-refractivity contribution >= 4 is 10.9 Å². The van der Waals surface area contributed by atoms with Crippen molar-refractivity contribution in [2.45, 2.75) is 0 Å². The van der Waals surface area contributed by atoms with Gasteiger partial charge in [-0.15, -0.1) is 0 Å². The van der Waals surface area contributed by atoms with Crippen molar-refractivity contribution in [1.29, 1.82) is 0 Å². The Balaban J connectivity index is 2.05. The van der Waals surface area contributed by atoms with Crippen LogP contribution in [0.4, 0.5) is 0 Å².